The molecule has 1 saturated carbocycles. The fourth-order valence-corrected chi connectivity index (χ4v) is 5.00. The molecule has 0 bridgehead atoms. The second-order valence-electron chi connectivity index (χ2n) is 7.87. The van der Waals surface area contributed by atoms with Crippen LogP contribution in [0.5, 0.6) is 0 Å². The van der Waals surface area contributed by atoms with Crippen molar-refractivity contribution in [3.05, 3.63) is 34.5 Å². The van der Waals surface area contributed by atoms with Crippen LogP contribution in [0.15, 0.2) is 12.1 Å². The van der Waals surface area contributed by atoms with Gasteiger partial charge in [-0.1, -0.05) is 18.6 Å². The van der Waals surface area contributed by atoms with Crippen LogP contribution in [-0.4, -0.2) is 40.6 Å². The molecule has 4 nitrogen and oxygen atoms in total. The van der Waals surface area contributed by atoms with Gasteiger partial charge in [-0.2, -0.15) is 0 Å². The zero-order chi connectivity index (χ0) is 17.1. The molecule has 2 aromatic rings. The molecule has 1 aromatic carbocycles. The van der Waals surface area contributed by atoms with Gasteiger partial charge in [0.25, 0.3) is 5.91 Å². The smallest absolute Gasteiger partial charge is 0.270 e. The van der Waals surface area contributed by atoms with Crippen LogP contribution in [0.1, 0.15) is 46.4 Å². The molecule has 2 N–H and O–H groups in total. The number of carbonyl (C=O) groups excluding carboxylic acids is 1. The molecule has 2 atom stereocenters. The van der Waals surface area contributed by atoms with E-state index in [1.54, 1.807) is 0 Å². The largest absolute Gasteiger partial charge is 0.396 e. The van der Waals surface area contributed by atoms with Crippen molar-refractivity contribution in [1.29, 1.82) is 0 Å². The van der Waals surface area contributed by atoms with E-state index < -0.39 is 0 Å². The number of likely N-dealkylation sites (tertiary alicyclic amines) is 1. The number of benzene rings is 1. The molecule has 0 radical (unpaired) electrons. The first kappa shape index (κ1) is 15.7. The molecule has 0 spiro atoms. The standard InChI is InChI=1S/C20H26N2O2/c1-12-6-7-13(2)17-16(12)14(3)18(21-17)19(24)22-9-15-5-4-8-20(15,10-22)11-23/h6-7,15,21,23H,4-5,8-11H2,1-3H3/t15-,20+/m0/s1. The SMILES string of the molecule is Cc1ccc(C)c2c(C)c(C(=O)N3C[C@@H]4CCC[C@]4(CO)C3)[nH]c12. The molecule has 1 aliphatic heterocycles. The first-order valence-corrected chi connectivity index (χ1v) is 8.95. The van der Waals surface area contributed by atoms with E-state index in [2.05, 4.69) is 31.0 Å². The van der Waals surface area contributed by atoms with Gasteiger partial charge in [-0.3, -0.25) is 4.79 Å². The third-order valence-corrected chi connectivity index (χ3v) is 6.48. The summed E-state index contributed by atoms with van der Waals surface area (Å²) in [5.74, 6) is 0.546. The number of aliphatic hydroxyl groups is 1. The number of nitrogens with one attached hydrogen (secondary N) is 1. The summed E-state index contributed by atoms with van der Waals surface area (Å²) in [6, 6.07) is 4.22. The van der Waals surface area contributed by atoms with Gasteiger partial charge in [-0.15, -0.1) is 0 Å². The van der Waals surface area contributed by atoms with Gasteiger partial charge in [0.2, 0.25) is 0 Å². The molecule has 2 aliphatic rings. The number of amides is 1. The van der Waals surface area contributed by atoms with Gasteiger partial charge in [0.1, 0.15) is 5.69 Å². The summed E-state index contributed by atoms with van der Waals surface area (Å²) in [5.41, 5.74) is 5.16. The van der Waals surface area contributed by atoms with Gasteiger partial charge in [-0.25, -0.2) is 0 Å². The number of aromatic nitrogens is 1. The predicted octanol–water partition coefficient (Wildman–Crippen LogP) is 3.33. The molecular formula is C20H26N2O2. The van der Waals surface area contributed by atoms with Gasteiger partial charge in [0, 0.05) is 29.4 Å². The van der Waals surface area contributed by atoms with E-state index in [1.165, 1.54) is 22.9 Å². The Morgan fingerprint density at radius 2 is 2.08 bits per heavy atom. The summed E-state index contributed by atoms with van der Waals surface area (Å²) in [6.45, 7) is 7.89. The summed E-state index contributed by atoms with van der Waals surface area (Å²) in [7, 11) is 0. The lowest BCUT2D eigenvalue weighted by molar-refractivity contribution is 0.0729. The highest BCUT2D eigenvalue weighted by atomic mass is 16.3. The van der Waals surface area contributed by atoms with Crippen molar-refractivity contribution in [2.45, 2.75) is 40.0 Å². The highest BCUT2D eigenvalue weighted by Gasteiger charge is 2.50. The van der Waals surface area contributed by atoms with E-state index in [4.69, 9.17) is 0 Å². The maximum absolute atomic E-state index is 13.2. The van der Waals surface area contributed by atoms with E-state index in [0.29, 0.717) is 12.5 Å². The molecule has 2 heterocycles. The number of aliphatic hydroxyl groups excluding tert-OH is 1. The minimum atomic E-state index is -0.0542. The molecule has 0 unspecified atom stereocenters. The van der Waals surface area contributed by atoms with E-state index >= 15 is 0 Å². The van der Waals surface area contributed by atoms with E-state index in [1.807, 2.05) is 11.8 Å². The molecular weight excluding hydrogens is 300 g/mol. The van der Waals surface area contributed by atoms with Crippen molar-refractivity contribution >= 4 is 16.8 Å². The molecule has 1 aliphatic carbocycles. The Hall–Kier alpha value is -1.81. The van der Waals surface area contributed by atoms with Crippen molar-refractivity contribution in [2.75, 3.05) is 19.7 Å². The second kappa shape index (κ2) is 5.35. The van der Waals surface area contributed by atoms with Crippen LogP contribution in [0.3, 0.4) is 0 Å². The Morgan fingerprint density at radius 3 is 2.75 bits per heavy atom. The predicted molar refractivity (Wildman–Crippen MR) is 95.3 cm³/mol. The Bertz CT molecular complexity index is 823. The van der Waals surface area contributed by atoms with Gasteiger partial charge in [0.15, 0.2) is 0 Å². The number of rotatable bonds is 2. The average Bonchev–Trinajstić information content (AvgIpc) is 3.21. The van der Waals surface area contributed by atoms with Gasteiger partial charge < -0.3 is 15.0 Å². The van der Waals surface area contributed by atoms with Gasteiger partial charge in [0.05, 0.1) is 6.61 Å². The lowest BCUT2D eigenvalue weighted by Crippen LogP contribution is -2.34. The van der Waals surface area contributed by atoms with Crippen molar-refractivity contribution in [1.82, 2.24) is 9.88 Å². The first-order chi connectivity index (χ1) is 11.5. The molecule has 128 valence electrons. The zero-order valence-corrected chi connectivity index (χ0v) is 14.8. The van der Waals surface area contributed by atoms with Crippen LogP contribution < -0.4 is 0 Å². The number of hydrogen-bond donors (Lipinski definition) is 2. The summed E-state index contributed by atoms with van der Waals surface area (Å²) in [4.78, 5) is 18.5. The number of fused-ring (bicyclic) bond motifs is 2. The van der Waals surface area contributed by atoms with E-state index in [0.717, 1.165) is 36.2 Å². The monoisotopic (exact) mass is 326 g/mol. The summed E-state index contributed by atoms with van der Waals surface area (Å²) < 4.78 is 0. The highest BCUT2D eigenvalue weighted by molar-refractivity contribution is 6.02. The van der Waals surface area contributed by atoms with Crippen molar-refractivity contribution in [2.24, 2.45) is 11.3 Å². The van der Waals surface area contributed by atoms with Crippen molar-refractivity contribution in [3.63, 3.8) is 0 Å². The van der Waals surface area contributed by atoms with Crippen LogP contribution in [0.2, 0.25) is 0 Å². The molecule has 1 amide bonds. The number of nitrogens with zero attached hydrogens (tertiary/aromatic N) is 1. The van der Waals surface area contributed by atoms with E-state index in [9.17, 15) is 9.90 Å². The second-order valence-corrected chi connectivity index (χ2v) is 7.87. The Kier molecular flexibility index (Phi) is 3.50. The molecule has 4 rings (SSSR count). The highest BCUT2D eigenvalue weighted by Crippen LogP contribution is 2.48. The normalized spacial score (nSPS) is 26.3. The van der Waals surface area contributed by atoms with Crippen LogP contribution in [0.4, 0.5) is 0 Å². The molecule has 1 aromatic heterocycles. The van der Waals surface area contributed by atoms with Crippen LogP contribution in [0, 0.1) is 32.1 Å². The Morgan fingerprint density at radius 1 is 1.33 bits per heavy atom. The van der Waals surface area contributed by atoms with Gasteiger partial charge >= 0.3 is 0 Å². The maximum atomic E-state index is 13.2. The molecule has 24 heavy (non-hydrogen) atoms. The Labute approximate surface area is 142 Å². The lowest BCUT2D eigenvalue weighted by Gasteiger charge is -2.25. The average molecular weight is 326 g/mol. The minimum Gasteiger partial charge on any atom is -0.396 e. The quantitative estimate of drug-likeness (QED) is 0.889. The fourth-order valence-electron chi connectivity index (χ4n) is 5.00. The first-order valence-electron chi connectivity index (χ1n) is 8.95. The summed E-state index contributed by atoms with van der Waals surface area (Å²) in [6.07, 6.45) is 3.35. The lowest BCUT2D eigenvalue weighted by atomic mass is 9.82. The van der Waals surface area contributed by atoms with Crippen molar-refractivity contribution < 1.29 is 9.90 Å². The number of H-pyrrole nitrogens is 1. The minimum absolute atomic E-state index is 0.0542. The zero-order valence-electron chi connectivity index (χ0n) is 14.8. The van der Waals surface area contributed by atoms with Gasteiger partial charge in [-0.05, 0) is 56.2 Å². The number of hydrogen-bond acceptors (Lipinski definition) is 2. The molecule has 2 fully saturated rings. The topological polar surface area (TPSA) is 56.3 Å². The molecule has 1 saturated heterocycles. The third kappa shape index (κ3) is 2.05. The maximum Gasteiger partial charge on any atom is 0.270 e. The van der Waals surface area contributed by atoms with E-state index in [-0.39, 0.29) is 17.9 Å². The number of aryl methyl sites for hydroxylation is 3. The fraction of sp³-hybridized carbons (Fsp3) is 0.550. The third-order valence-electron chi connectivity index (χ3n) is 6.48. The summed E-state index contributed by atoms with van der Waals surface area (Å²) in [5, 5.41) is 11.1. The number of carbonyl (C=O) groups is 1. The van der Waals surface area contributed by atoms with Crippen LogP contribution in [0.25, 0.3) is 10.9 Å². The van der Waals surface area contributed by atoms with Crippen LogP contribution in [-0.2, 0) is 0 Å². The Balaban J connectivity index is 1.71. The van der Waals surface area contributed by atoms with Crippen LogP contribution >= 0.6 is 0 Å². The van der Waals surface area contributed by atoms with Crippen molar-refractivity contribution in [3.8, 4) is 0 Å². The summed E-state index contributed by atoms with van der Waals surface area (Å²) >= 11 is 0. The molecule has 4 heteroatoms. The number of aromatic amines is 1.